The van der Waals surface area contributed by atoms with E-state index in [1.165, 1.54) is 11.1 Å². The number of nitrogens with two attached hydrogens (primary N) is 1. The van der Waals surface area contributed by atoms with Crippen molar-refractivity contribution in [2.45, 2.75) is 32.4 Å². The fraction of sp³-hybridized carbons (Fsp3) is 0.600. The first kappa shape index (κ1) is 13.5. The van der Waals surface area contributed by atoms with E-state index >= 15 is 0 Å². The minimum Gasteiger partial charge on any atom is -0.379 e. The molecule has 18 heavy (non-hydrogen) atoms. The van der Waals surface area contributed by atoms with Gasteiger partial charge >= 0.3 is 0 Å². The van der Waals surface area contributed by atoms with E-state index in [4.69, 9.17) is 10.5 Å². The van der Waals surface area contributed by atoms with Gasteiger partial charge in [-0.15, -0.1) is 0 Å². The molecule has 2 rings (SSSR count). The van der Waals surface area contributed by atoms with E-state index in [-0.39, 0.29) is 0 Å². The van der Waals surface area contributed by atoms with Crippen LogP contribution in [0.15, 0.2) is 24.3 Å². The number of ether oxygens (including phenoxy) is 1. The monoisotopic (exact) mass is 248 g/mol. The molecule has 2 atom stereocenters. The summed E-state index contributed by atoms with van der Waals surface area (Å²) < 4.78 is 5.46. The Kier molecular flexibility index (Phi) is 4.75. The maximum atomic E-state index is 5.69. The molecule has 1 aromatic rings. The number of rotatable bonds is 4. The van der Waals surface area contributed by atoms with Gasteiger partial charge in [-0.25, -0.2) is 0 Å². The summed E-state index contributed by atoms with van der Waals surface area (Å²) in [5.41, 5.74) is 8.39. The van der Waals surface area contributed by atoms with Crippen molar-refractivity contribution in [2.24, 2.45) is 5.73 Å². The van der Waals surface area contributed by atoms with Gasteiger partial charge in [-0.2, -0.15) is 0 Å². The van der Waals surface area contributed by atoms with Crippen LogP contribution in [0, 0.1) is 0 Å². The fourth-order valence-corrected chi connectivity index (χ4v) is 2.32. The van der Waals surface area contributed by atoms with Gasteiger partial charge in [-0.05, 0) is 30.5 Å². The summed E-state index contributed by atoms with van der Waals surface area (Å²) in [4.78, 5) is 2.48. The van der Waals surface area contributed by atoms with E-state index < -0.39 is 0 Å². The van der Waals surface area contributed by atoms with Gasteiger partial charge in [0, 0.05) is 19.1 Å². The zero-order chi connectivity index (χ0) is 13.0. The zero-order valence-corrected chi connectivity index (χ0v) is 11.4. The lowest BCUT2D eigenvalue weighted by atomic mass is 10.00. The Labute approximate surface area is 110 Å². The van der Waals surface area contributed by atoms with Crippen LogP contribution in [0.5, 0.6) is 0 Å². The summed E-state index contributed by atoms with van der Waals surface area (Å²) in [7, 11) is 0. The van der Waals surface area contributed by atoms with Crippen LogP contribution < -0.4 is 5.73 Å². The molecule has 1 heterocycles. The summed E-state index contributed by atoms with van der Waals surface area (Å²) in [6.45, 7) is 8.85. The van der Waals surface area contributed by atoms with Gasteiger partial charge in [0.25, 0.3) is 0 Å². The van der Waals surface area contributed by atoms with Crippen molar-refractivity contribution >= 4 is 0 Å². The second-order valence-electron chi connectivity index (χ2n) is 5.27. The van der Waals surface area contributed by atoms with E-state index in [9.17, 15) is 0 Å². The van der Waals surface area contributed by atoms with Crippen molar-refractivity contribution in [1.82, 2.24) is 4.90 Å². The summed E-state index contributed by atoms with van der Waals surface area (Å²) >= 11 is 0. The highest BCUT2D eigenvalue weighted by Crippen LogP contribution is 2.17. The molecule has 1 saturated heterocycles. The van der Waals surface area contributed by atoms with Crippen molar-refractivity contribution in [2.75, 3.05) is 26.3 Å². The van der Waals surface area contributed by atoms with Crippen LogP contribution in [0.3, 0.4) is 0 Å². The zero-order valence-electron chi connectivity index (χ0n) is 11.4. The van der Waals surface area contributed by atoms with Crippen molar-refractivity contribution < 1.29 is 4.74 Å². The molecule has 1 aliphatic heterocycles. The Morgan fingerprint density at radius 2 is 2.11 bits per heavy atom. The number of nitrogens with zero attached hydrogens (tertiary/aromatic N) is 1. The van der Waals surface area contributed by atoms with Gasteiger partial charge in [0.1, 0.15) is 0 Å². The molecule has 2 unspecified atom stereocenters. The normalized spacial score (nSPS) is 22.9. The largest absolute Gasteiger partial charge is 0.379 e. The fourth-order valence-electron chi connectivity index (χ4n) is 2.32. The van der Waals surface area contributed by atoms with Gasteiger partial charge in [0.05, 0.1) is 13.2 Å². The average molecular weight is 248 g/mol. The van der Waals surface area contributed by atoms with Crippen LogP contribution >= 0.6 is 0 Å². The maximum Gasteiger partial charge on any atom is 0.0619 e. The predicted octanol–water partition coefficient (Wildman–Crippen LogP) is 1.97. The molecule has 0 saturated carbocycles. The minimum atomic E-state index is 0.446. The van der Waals surface area contributed by atoms with Crippen molar-refractivity contribution in [3.05, 3.63) is 35.4 Å². The van der Waals surface area contributed by atoms with Crippen LogP contribution in [0.2, 0.25) is 0 Å². The molecule has 0 spiro atoms. The Morgan fingerprint density at radius 1 is 1.39 bits per heavy atom. The average Bonchev–Trinajstić information content (AvgIpc) is 2.41. The Morgan fingerprint density at radius 3 is 2.72 bits per heavy atom. The molecular weight excluding hydrogens is 224 g/mol. The molecule has 1 aromatic carbocycles. The third-order valence-electron chi connectivity index (χ3n) is 3.79. The molecule has 3 heteroatoms. The second-order valence-corrected chi connectivity index (χ2v) is 5.27. The van der Waals surface area contributed by atoms with Crippen LogP contribution in [-0.2, 0) is 11.3 Å². The van der Waals surface area contributed by atoms with Crippen LogP contribution in [0.1, 0.15) is 30.9 Å². The molecule has 1 fully saturated rings. The number of hydrogen-bond acceptors (Lipinski definition) is 3. The molecule has 0 bridgehead atoms. The number of hydrogen-bond donors (Lipinski definition) is 1. The summed E-state index contributed by atoms with van der Waals surface area (Å²) in [6.07, 6.45) is 0. The Hall–Kier alpha value is -0.900. The molecule has 100 valence electrons. The third-order valence-corrected chi connectivity index (χ3v) is 3.79. The second kappa shape index (κ2) is 6.32. The lowest BCUT2D eigenvalue weighted by Crippen LogP contribution is -2.42. The first-order chi connectivity index (χ1) is 8.70. The van der Waals surface area contributed by atoms with E-state index in [0.717, 1.165) is 26.3 Å². The number of morpholine rings is 1. The van der Waals surface area contributed by atoms with E-state index in [1.54, 1.807) is 0 Å². The highest BCUT2D eigenvalue weighted by molar-refractivity contribution is 5.25. The van der Waals surface area contributed by atoms with Crippen molar-refractivity contribution in [1.29, 1.82) is 0 Å². The summed E-state index contributed by atoms with van der Waals surface area (Å²) in [6, 6.07) is 9.38. The predicted molar refractivity (Wildman–Crippen MR) is 74.6 cm³/mol. The lowest BCUT2D eigenvalue weighted by Gasteiger charge is -2.33. The first-order valence-electron chi connectivity index (χ1n) is 6.81. The Balaban J connectivity index is 1.97. The highest BCUT2D eigenvalue weighted by Gasteiger charge is 2.18. The van der Waals surface area contributed by atoms with E-state index in [1.807, 2.05) is 0 Å². The summed E-state index contributed by atoms with van der Waals surface area (Å²) in [5, 5.41) is 0. The molecule has 0 aromatic heterocycles. The molecular formula is C15H24N2O. The Bertz CT molecular complexity index is 363. The van der Waals surface area contributed by atoms with Gasteiger partial charge in [-0.1, -0.05) is 31.2 Å². The SMILES string of the molecule is CC(CN)c1ccc(CN2CCOCC2C)cc1. The molecule has 0 aliphatic carbocycles. The van der Waals surface area contributed by atoms with Gasteiger partial charge in [0.15, 0.2) is 0 Å². The quantitative estimate of drug-likeness (QED) is 0.885. The van der Waals surface area contributed by atoms with Crippen LogP contribution in [0.25, 0.3) is 0 Å². The van der Waals surface area contributed by atoms with Crippen molar-refractivity contribution in [3.63, 3.8) is 0 Å². The van der Waals surface area contributed by atoms with Gasteiger partial charge in [-0.3, -0.25) is 4.90 Å². The molecule has 1 aliphatic rings. The van der Waals surface area contributed by atoms with Gasteiger partial charge in [0.2, 0.25) is 0 Å². The molecule has 0 amide bonds. The smallest absolute Gasteiger partial charge is 0.0619 e. The van der Waals surface area contributed by atoms with E-state index in [2.05, 4.69) is 43.0 Å². The standard InChI is InChI=1S/C15H24N2O/c1-12(9-16)15-5-3-14(4-6-15)10-17-7-8-18-11-13(17)2/h3-6,12-13H,7-11,16H2,1-2H3. The maximum absolute atomic E-state index is 5.69. The van der Waals surface area contributed by atoms with Gasteiger partial charge < -0.3 is 10.5 Å². The number of benzene rings is 1. The first-order valence-corrected chi connectivity index (χ1v) is 6.81. The van der Waals surface area contributed by atoms with Crippen molar-refractivity contribution in [3.8, 4) is 0 Å². The lowest BCUT2D eigenvalue weighted by molar-refractivity contribution is -0.00437. The summed E-state index contributed by atoms with van der Waals surface area (Å²) in [5.74, 6) is 0.446. The molecule has 2 N–H and O–H groups in total. The minimum absolute atomic E-state index is 0.446. The third kappa shape index (κ3) is 3.31. The van der Waals surface area contributed by atoms with Crippen LogP contribution in [0.4, 0.5) is 0 Å². The van der Waals surface area contributed by atoms with Crippen LogP contribution in [-0.4, -0.2) is 37.2 Å². The van der Waals surface area contributed by atoms with E-state index in [0.29, 0.717) is 18.5 Å². The highest BCUT2D eigenvalue weighted by atomic mass is 16.5. The topological polar surface area (TPSA) is 38.5 Å². The molecule has 0 radical (unpaired) electrons. The molecule has 3 nitrogen and oxygen atoms in total.